The second kappa shape index (κ2) is 4.59. The molecule has 4 heteroatoms. The first-order valence-corrected chi connectivity index (χ1v) is 5.45. The van der Waals surface area contributed by atoms with Crippen LogP contribution >= 0.6 is 0 Å². The molecule has 0 atom stereocenters. The van der Waals surface area contributed by atoms with E-state index in [0.717, 1.165) is 22.9 Å². The van der Waals surface area contributed by atoms with Gasteiger partial charge in [-0.2, -0.15) is 0 Å². The zero-order chi connectivity index (χ0) is 12.4. The summed E-state index contributed by atoms with van der Waals surface area (Å²) >= 11 is 0. The molecule has 17 heavy (non-hydrogen) atoms. The number of ether oxygens (including phenoxy) is 1. The van der Waals surface area contributed by atoms with E-state index in [1.165, 1.54) is 0 Å². The van der Waals surface area contributed by atoms with Crippen LogP contribution in [0.1, 0.15) is 16.1 Å². The molecule has 1 heterocycles. The molecule has 1 aromatic carbocycles. The molecule has 1 aromatic heterocycles. The van der Waals surface area contributed by atoms with Crippen molar-refractivity contribution in [3.8, 4) is 5.75 Å². The predicted octanol–water partition coefficient (Wildman–Crippen LogP) is 2.11. The number of benzene rings is 1. The summed E-state index contributed by atoms with van der Waals surface area (Å²) in [5.74, 6) is 0.171. The van der Waals surface area contributed by atoms with Crippen LogP contribution in [0.4, 0.5) is 0 Å². The number of phenolic OH excluding ortho intramolecular Hbond substituents is 1. The largest absolute Gasteiger partial charge is 0.508 e. The molecule has 0 bridgehead atoms. The van der Waals surface area contributed by atoms with Crippen molar-refractivity contribution in [2.75, 3.05) is 13.7 Å². The van der Waals surface area contributed by atoms with Gasteiger partial charge >= 0.3 is 0 Å². The molecule has 0 saturated carbocycles. The molecule has 90 valence electrons. The van der Waals surface area contributed by atoms with E-state index in [0.29, 0.717) is 18.7 Å². The maximum absolute atomic E-state index is 11.1. The molecule has 2 rings (SSSR count). The fourth-order valence-corrected chi connectivity index (χ4v) is 2.12. The van der Waals surface area contributed by atoms with E-state index in [4.69, 9.17) is 4.74 Å². The Morgan fingerprint density at radius 2 is 2.24 bits per heavy atom. The average Bonchev–Trinajstić information content (AvgIpc) is 2.57. The van der Waals surface area contributed by atoms with Crippen molar-refractivity contribution in [3.63, 3.8) is 0 Å². The van der Waals surface area contributed by atoms with E-state index in [9.17, 15) is 9.90 Å². The quantitative estimate of drug-likeness (QED) is 0.823. The molecule has 0 fully saturated rings. The van der Waals surface area contributed by atoms with E-state index < -0.39 is 0 Å². The van der Waals surface area contributed by atoms with Gasteiger partial charge in [0.25, 0.3) is 0 Å². The first-order valence-electron chi connectivity index (χ1n) is 5.45. The molecule has 0 amide bonds. The highest BCUT2D eigenvalue weighted by atomic mass is 16.5. The topological polar surface area (TPSA) is 51.5 Å². The number of phenols is 1. The lowest BCUT2D eigenvalue weighted by molar-refractivity contribution is 0.112. The molecule has 0 saturated heterocycles. The summed E-state index contributed by atoms with van der Waals surface area (Å²) < 4.78 is 7.09. The van der Waals surface area contributed by atoms with Crippen LogP contribution in [0.15, 0.2) is 18.2 Å². The van der Waals surface area contributed by atoms with E-state index in [1.807, 2.05) is 17.6 Å². The summed E-state index contributed by atoms with van der Waals surface area (Å²) in [5.41, 5.74) is 2.48. The summed E-state index contributed by atoms with van der Waals surface area (Å²) in [5, 5.41) is 10.3. The number of carbonyl (C=O) groups is 1. The number of aromatic hydroxyl groups is 1. The van der Waals surface area contributed by atoms with Crippen molar-refractivity contribution in [2.24, 2.45) is 0 Å². The third-order valence-corrected chi connectivity index (χ3v) is 2.99. The molecular formula is C13H15NO3. The predicted molar refractivity (Wildman–Crippen MR) is 65.6 cm³/mol. The number of aldehydes is 1. The van der Waals surface area contributed by atoms with Gasteiger partial charge in [-0.3, -0.25) is 4.79 Å². The van der Waals surface area contributed by atoms with Crippen LogP contribution in [-0.4, -0.2) is 29.7 Å². The van der Waals surface area contributed by atoms with Crippen LogP contribution in [0.5, 0.6) is 5.75 Å². The van der Waals surface area contributed by atoms with Crippen LogP contribution in [0.3, 0.4) is 0 Å². The van der Waals surface area contributed by atoms with Gasteiger partial charge in [-0.05, 0) is 25.1 Å². The van der Waals surface area contributed by atoms with Gasteiger partial charge in [-0.25, -0.2) is 0 Å². The standard InChI is InChI=1S/C13H15NO3/c1-9-12(8-15)11-7-10(16)3-4-13(11)14(9)5-6-17-2/h3-4,7-8,16H,5-6H2,1-2H3. The summed E-state index contributed by atoms with van der Waals surface area (Å²) in [6, 6.07) is 5.06. The maximum Gasteiger partial charge on any atom is 0.152 e. The lowest BCUT2D eigenvalue weighted by Crippen LogP contribution is -2.05. The molecular weight excluding hydrogens is 218 g/mol. The Morgan fingerprint density at radius 1 is 1.47 bits per heavy atom. The van der Waals surface area contributed by atoms with Gasteiger partial charge in [0.2, 0.25) is 0 Å². The second-order valence-corrected chi connectivity index (χ2v) is 3.96. The number of methoxy groups -OCH3 is 1. The summed E-state index contributed by atoms with van der Waals surface area (Å²) in [6.07, 6.45) is 0.834. The molecule has 0 spiro atoms. The fourth-order valence-electron chi connectivity index (χ4n) is 2.12. The van der Waals surface area contributed by atoms with E-state index in [-0.39, 0.29) is 5.75 Å². The maximum atomic E-state index is 11.1. The SMILES string of the molecule is COCCn1c(C)c(C=O)c2cc(O)ccc21. The molecule has 0 aliphatic carbocycles. The van der Waals surface area contributed by atoms with Crippen molar-refractivity contribution in [1.82, 2.24) is 4.57 Å². The minimum atomic E-state index is 0.171. The molecule has 0 unspecified atom stereocenters. The van der Waals surface area contributed by atoms with Gasteiger partial charge in [0.15, 0.2) is 6.29 Å². The molecule has 2 aromatic rings. The van der Waals surface area contributed by atoms with Crippen LogP contribution in [-0.2, 0) is 11.3 Å². The number of carbonyl (C=O) groups excluding carboxylic acids is 1. The van der Waals surface area contributed by atoms with Crippen molar-refractivity contribution in [1.29, 1.82) is 0 Å². The first-order chi connectivity index (χ1) is 8.19. The number of aromatic nitrogens is 1. The number of fused-ring (bicyclic) bond motifs is 1. The smallest absolute Gasteiger partial charge is 0.152 e. The highest BCUT2D eigenvalue weighted by Gasteiger charge is 2.13. The second-order valence-electron chi connectivity index (χ2n) is 3.96. The number of hydrogen-bond donors (Lipinski definition) is 1. The average molecular weight is 233 g/mol. The van der Waals surface area contributed by atoms with Crippen molar-refractivity contribution < 1.29 is 14.6 Å². The van der Waals surface area contributed by atoms with Crippen LogP contribution in [0, 0.1) is 6.92 Å². The van der Waals surface area contributed by atoms with Gasteiger partial charge in [0, 0.05) is 35.8 Å². The molecule has 1 N–H and O–H groups in total. The first kappa shape index (κ1) is 11.7. The Hall–Kier alpha value is -1.81. The Kier molecular flexibility index (Phi) is 3.15. The summed E-state index contributed by atoms with van der Waals surface area (Å²) in [4.78, 5) is 11.1. The van der Waals surface area contributed by atoms with Gasteiger partial charge in [0.1, 0.15) is 5.75 Å². The minimum Gasteiger partial charge on any atom is -0.508 e. The summed E-state index contributed by atoms with van der Waals surface area (Å²) in [7, 11) is 1.65. The highest BCUT2D eigenvalue weighted by molar-refractivity contribution is 5.99. The lowest BCUT2D eigenvalue weighted by atomic mass is 10.1. The fraction of sp³-hybridized carbons (Fsp3) is 0.308. The van der Waals surface area contributed by atoms with Gasteiger partial charge in [-0.1, -0.05) is 0 Å². The minimum absolute atomic E-state index is 0.171. The lowest BCUT2D eigenvalue weighted by Gasteiger charge is -2.07. The van der Waals surface area contributed by atoms with Crippen molar-refractivity contribution >= 4 is 17.2 Å². The van der Waals surface area contributed by atoms with E-state index in [2.05, 4.69) is 0 Å². The third-order valence-electron chi connectivity index (χ3n) is 2.99. The van der Waals surface area contributed by atoms with E-state index in [1.54, 1.807) is 19.2 Å². The van der Waals surface area contributed by atoms with Gasteiger partial charge in [-0.15, -0.1) is 0 Å². The number of nitrogens with zero attached hydrogens (tertiary/aromatic N) is 1. The Morgan fingerprint density at radius 3 is 2.88 bits per heavy atom. The Balaban J connectivity index is 2.66. The molecule has 0 radical (unpaired) electrons. The zero-order valence-electron chi connectivity index (χ0n) is 9.93. The van der Waals surface area contributed by atoms with E-state index >= 15 is 0 Å². The third kappa shape index (κ3) is 1.91. The number of hydrogen-bond acceptors (Lipinski definition) is 3. The molecule has 4 nitrogen and oxygen atoms in total. The monoisotopic (exact) mass is 233 g/mol. The Bertz CT molecular complexity index is 557. The van der Waals surface area contributed by atoms with Crippen LogP contribution < -0.4 is 0 Å². The zero-order valence-corrected chi connectivity index (χ0v) is 9.93. The van der Waals surface area contributed by atoms with Crippen molar-refractivity contribution in [3.05, 3.63) is 29.5 Å². The number of rotatable bonds is 4. The highest BCUT2D eigenvalue weighted by Crippen LogP contribution is 2.27. The van der Waals surface area contributed by atoms with Gasteiger partial charge in [0.05, 0.1) is 6.61 Å². The normalized spacial score (nSPS) is 10.9. The molecule has 0 aliphatic heterocycles. The van der Waals surface area contributed by atoms with Crippen molar-refractivity contribution in [2.45, 2.75) is 13.5 Å². The molecule has 0 aliphatic rings. The van der Waals surface area contributed by atoms with Gasteiger partial charge < -0.3 is 14.4 Å². The Labute approximate surface area is 99.4 Å². The van der Waals surface area contributed by atoms with Crippen LogP contribution in [0.25, 0.3) is 10.9 Å². The van der Waals surface area contributed by atoms with Crippen LogP contribution in [0.2, 0.25) is 0 Å². The summed E-state index contributed by atoms with van der Waals surface area (Å²) in [6.45, 7) is 3.18.